The number of hydrogen-bond donors (Lipinski definition) is 0. The lowest BCUT2D eigenvalue weighted by Gasteiger charge is -2.08. The number of hydrogen-bond acceptors (Lipinski definition) is 3. The summed E-state index contributed by atoms with van der Waals surface area (Å²) in [5.74, 6) is 0. The quantitative estimate of drug-likeness (QED) is 0.200. The van der Waals surface area contributed by atoms with Gasteiger partial charge < -0.3 is 13.4 Å². The summed E-state index contributed by atoms with van der Waals surface area (Å²) in [6.07, 6.45) is 0. The summed E-state index contributed by atoms with van der Waals surface area (Å²) in [4.78, 5) is 5.09. The molecule has 11 aromatic rings. The van der Waals surface area contributed by atoms with Gasteiger partial charge in [0, 0.05) is 38.0 Å². The Morgan fingerprint density at radius 3 is 2.07 bits per heavy atom. The third-order valence-electron chi connectivity index (χ3n) is 9.28. The summed E-state index contributed by atoms with van der Waals surface area (Å²) < 4.78 is 17.8. The number of fused-ring (bicyclic) bond motifs is 17. The Kier molecular flexibility index (Phi) is 4.02. The minimum absolute atomic E-state index is 0.847. The first kappa shape index (κ1) is 22.5. The number of furan rings is 2. The summed E-state index contributed by atoms with van der Waals surface area (Å²) >= 11 is 0. The second-order valence-corrected chi connectivity index (χ2v) is 11.6. The summed E-state index contributed by atoms with van der Waals surface area (Å²) in [6, 6.07) is 44.5. The average molecular weight is 564 g/mol. The maximum Gasteiger partial charge on any atom is 0.160 e. The van der Waals surface area contributed by atoms with E-state index in [0.29, 0.717) is 0 Å². The number of rotatable bonds is 1. The third-order valence-corrected chi connectivity index (χ3v) is 9.28. The number of imidazole rings is 1. The van der Waals surface area contributed by atoms with Crippen LogP contribution in [0.3, 0.4) is 0 Å². The summed E-state index contributed by atoms with van der Waals surface area (Å²) in [7, 11) is 0. The Morgan fingerprint density at radius 1 is 0.477 bits per heavy atom. The van der Waals surface area contributed by atoms with Crippen molar-refractivity contribution in [2.24, 2.45) is 0 Å². The average Bonchev–Trinajstić information content (AvgIpc) is 3.83. The van der Waals surface area contributed by atoms with Gasteiger partial charge in [0.05, 0.1) is 27.5 Å². The molecule has 6 aromatic carbocycles. The first-order valence-corrected chi connectivity index (χ1v) is 14.8. The van der Waals surface area contributed by atoms with Crippen molar-refractivity contribution in [1.29, 1.82) is 0 Å². The monoisotopic (exact) mass is 563 g/mol. The van der Waals surface area contributed by atoms with Crippen LogP contribution in [0.4, 0.5) is 0 Å². The van der Waals surface area contributed by atoms with E-state index in [9.17, 15) is 0 Å². The van der Waals surface area contributed by atoms with E-state index in [0.717, 1.165) is 93.6 Å². The van der Waals surface area contributed by atoms with E-state index in [1.165, 1.54) is 5.39 Å². The molecule has 0 unspecified atom stereocenters. The van der Waals surface area contributed by atoms with Crippen molar-refractivity contribution in [2.75, 3.05) is 0 Å². The van der Waals surface area contributed by atoms with Crippen LogP contribution >= 0.6 is 0 Å². The molecule has 11 rings (SSSR count). The number of aromatic nitrogens is 3. The molecule has 0 bridgehead atoms. The fourth-order valence-electron chi connectivity index (χ4n) is 7.44. The molecule has 0 saturated carbocycles. The molecule has 5 heterocycles. The van der Waals surface area contributed by atoms with Crippen molar-refractivity contribution in [2.45, 2.75) is 0 Å². The largest absolute Gasteiger partial charge is 0.455 e. The van der Waals surface area contributed by atoms with Gasteiger partial charge in [0.2, 0.25) is 0 Å². The molecule has 0 spiro atoms. The molecule has 0 fully saturated rings. The molecule has 0 saturated heterocycles. The van der Waals surface area contributed by atoms with Crippen molar-refractivity contribution < 1.29 is 8.83 Å². The standard InChI is InChI=1S/C39H21N3O2/c1-2-11-26-24(10-1)38-36(42-31-15-7-5-13-29(31)40-39(26)42)28-21-22(17-20-34(28)44-38)41-30-14-6-3-12-27(30)35-32(41)19-18-25-23-9-4-8-16-33(23)43-37(25)35/h1-21H. The highest BCUT2D eigenvalue weighted by Gasteiger charge is 2.22. The van der Waals surface area contributed by atoms with Gasteiger partial charge in [-0.2, -0.15) is 0 Å². The molecular formula is C39H21N3O2. The zero-order chi connectivity index (χ0) is 28.5. The van der Waals surface area contributed by atoms with E-state index < -0.39 is 0 Å². The molecule has 0 radical (unpaired) electrons. The first-order valence-electron chi connectivity index (χ1n) is 14.8. The summed E-state index contributed by atoms with van der Waals surface area (Å²) in [6.45, 7) is 0. The van der Waals surface area contributed by atoms with Gasteiger partial charge >= 0.3 is 0 Å². The van der Waals surface area contributed by atoms with Crippen LogP contribution in [0.1, 0.15) is 0 Å². The van der Waals surface area contributed by atoms with Crippen LogP contribution < -0.4 is 0 Å². The normalized spacial score (nSPS) is 12.5. The van der Waals surface area contributed by atoms with Crippen molar-refractivity contribution in [1.82, 2.24) is 14.0 Å². The zero-order valence-electron chi connectivity index (χ0n) is 23.3. The van der Waals surface area contributed by atoms with Gasteiger partial charge in [0.1, 0.15) is 27.9 Å². The Hall–Kier alpha value is -6.07. The minimum atomic E-state index is 0.847. The molecule has 0 aliphatic heterocycles. The fourth-order valence-corrected chi connectivity index (χ4v) is 7.44. The molecule has 0 amide bonds. The molecule has 5 heteroatoms. The SMILES string of the molecule is c1ccc2c(c1)nc1c3ccccc3c3oc4ccc(-n5c6ccccc6c6c7oc8ccccc8c7ccc65)cc4c3n21. The van der Waals surface area contributed by atoms with Crippen molar-refractivity contribution in [3.05, 3.63) is 127 Å². The van der Waals surface area contributed by atoms with Crippen molar-refractivity contribution >= 4 is 93.3 Å². The van der Waals surface area contributed by atoms with Crippen LogP contribution in [0.2, 0.25) is 0 Å². The number of para-hydroxylation sites is 4. The van der Waals surface area contributed by atoms with Gasteiger partial charge in [0.15, 0.2) is 5.58 Å². The van der Waals surface area contributed by atoms with E-state index >= 15 is 0 Å². The second-order valence-electron chi connectivity index (χ2n) is 11.6. The van der Waals surface area contributed by atoms with E-state index in [1.54, 1.807) is 0 Å². The summed E-state index contributed by atoms with van der Waals surface area (Å²) in [5.41, 5.74) is 10.8. The third kappa shape index (κ3) is 2.68. The van der Waals surface area contributed by atoms with Gasteiger partial charge in [-0.25, -0.2) is 4.98 Å². The van der Waals surface area contributed by atoms with Gasteiger partial charge in [-0.1, -0.05) is 72.8 Å². The van der Waals surface area contributed by atoms with E-state index in [-0.39, 0.29) is 0 Å². The Balaban J connectivity index is 1.30. The van der Waals surface area contributed by atoms with E-state index in [1.807, 2.05) is 18.2 Å². The van der Waals surface area contributed by atoms with Crippen LogP contribution in [0, 0.1) is 0 Å². The van der Waals surface area contributed by atoms with Crippen molar-refractivity contribution in [3.63, 3.8) is 0 Å². The van der Waals surface area contributed by atoms with E-state index in [2.05, 4.69) is 118 Å². The van der Waals surface area contributed by atoms with Crippen LogP contribution in [0.15, 0.2) is 136 Å². The lowest BCUT2D eigenvalue weighted by atomic mass is 10.1. The predicted octanol–water partition coefficient (Wildman–Crippen LogP) is 10.5. The number of nitrogens with zero attached hydrogens (tertiary/aromatic N) is 3. The predicted molar refractivity (Wildman–Crippen MR) is 179 cm³/mol. The van der Waals surface area contributed by atoms with Crippen LogP contribution in [-0.4, -0.2) is 14.0 Å². The van der Waals surface area contributed by atoms with E-state index in [4.69, 9.17) is 13.8 Å². The van der Waals surface area contributed by atoms with Crippen LogP contribution in [-0.2, 0) is 0 Å². The molecule has 0 aliphatic carbocycles. The number of benzene rings is 6. The zero-order valence-corrected chi connectivity index (χ0v) is 23.3. The topological polar surface area (TPSA) is 48.5 Å². The Bertz CT molecular complexity index is 3010. The molecular weight excluding hydrogens is 542 g/mol. The van der Waals surface area contributed by atoms with Crippen molar-refractivity contribution in [3.8, 4) is 5.69 Å². The maximum absolute atomic E-state index is 6.66. The highest BCUT2D eigenvalue weighted by molar-refractivity contribution is 6.24. The summed E-state index contributed by atoms with van der Waals surface area (Å²) in [5, 5.41) is 7.75. The van der Waals surface area contributed by atoms with Gasteiger partial charge in [-0.15, -0.1) is 0 Å². The molecule has 5 aromatic heterocycles. The first-order chi connectivity index (χ1) is 21.8. The molecule has 0 N–H and O–H groups in total. The lowest BCUT2D eigenvalue weighted by Crippen LogP contribution is -1.94. The second kappa shape index (κ2) is 7.85. The Labute approximate surface area is 248 Å². The molecule has 0 atom stereocenters. The molecule has 44 heavy (non-hydrogen) atoms. The highest BCUT2D eigenvalue weighted by Crippen LogP contribution is 2.42. The maximum atomic E-state index is 6.66. The smallest absolute Gasteiger partial charge is 0.160 e. The van der Waals surface area contributed by atoms with Gasteiger partial charge in [-0.3, -0.25) is 4.40 Å². The minimum Gasteiger partial charge on any atom is -0.455 e. The molecule has 0 aliphatic rings. The fraction of sp³-hybridized carbons (Fsp3) is 0. The van der Waals surface area contributed by atoms with Crippen LogP contribution in [0.25, 0.3) is 99.0 Å². The van der Waals surface area contributed by atoms with Crippen LogP contribution in [0.5, 0.6) is 0 Å². The van der Waals surface area contributed by atoms with Gasteiger partial charge in [-0.05, 0) is 54.6 Å². The highest BCUT2D eigenvalue weighted by atomic mass is 16.3. The van der Waals surface area contributed by atoms with Gasteiger partial charge in [0.25, 0.3) is 0 Å². The molecule has 204 valence electrons. The molecule has 5 nitrogen and oxygen atoms in total. The Morgan fingerprint density at radius 2 is 1.16 bits per heavy atom. The number of pyridine rings is 1. The lowest BCUT2D eigenvalue weighted by molar-refractivity contribution is 0.671.